The van der Waals surface area contributed by atoms with Crippen molar-refractivity contribution in [2.75, 3.05) is 6.61 Å². The van der Waals surface area contributed by atoms with Crippen molar-refractivity contribution in [3.63, 3.8) is 0 Å². The van der Waals surface area contributed by atoms with Crippen LogP contribution in [0.3, 0.4) is 0 Å². The van der Waals surface area contributed by atoms with Crippen molar-refractivity contribution in [3.05, 3.63) is 29.8 Å². The minimum absolute atomic E-state index is 0.566. The van der Waals surface area contributed by atoms with Crippen LogP contribution in [-0.4, -0.2) is 22.8 Å². The van der Waals surface area contributed by atoms with Crippen LogP contribution in [0, 0.1) is 5.92 Å². The van der Waals surface area contributed by atoms with E-state index in [4.69, 9.17) is 9.84 Å². The Bertz CT molecular complexity index is 381. The number of hydrogen-bond donors (Lipinski definition) is 2. The Labute approximate surface area is 101 Å². The van der Waals surface area contributed by atoms with E-state index in [1.165, 1.54) is 13.8 Å². The fraction of sp³-hybridized carbons (Fsp3) is 0.462. The molecule has 1 aromatic carbocycles. The molecule has 0 aliphatic rings. The molecule has 0 aliphatic carbocycles. The van der Waals surface area contributed by atoms with Crippen molar-refractivity contribution in [3.8, 4) is 5.75 Å². The van der Waals surface area contributed by atoms with E-state index in [0.717, 1.165) is 0 Å². The quantitative estimate of drug-likeness (QED) is 0.823. The first-order chi connectivity index (χ1) is 7.89. The van der Waals surface area contributed by atoms with E-state index in [-0.39, 0.29) is 0 Å². The minimum Gasteiger partial charge on any atom is -0.494 e. The second kappa shape index (κ2) is 5.19. The highest BCUT2D eigenvalue weighted by Crippen LogP contribution is 2.30. The number of rotatable bonds is 5. The topological polar surface area (TPSA) is 66.8 Å². The molecule has 0 amide bonds. The van der Waals surface area contributed by atoms with Crippen LogP contribution in [0.5, 0.6) is 5.75 Å². The zero-order chi connectivity index (χ0) is 13.1. The average molecular weight is 238 g/mol. The zero-order valence-corrected chi connectivity index (χ0v) is 10.3. The molecule has 0 fully saturated rings. The van der Waals surface area contributed by atoms with Gasteiger partial charge in [0.1, 0.15) is 5.75 Å². The van der Waals surface area contributed by atoms with Crippen molar-refractivity contribution in [1.29, 1.82) is 0 Å². The number of aliphatic hydroxyl groups is 1. The van der Waals surface area contributed by atoms with Crippen LogP contribution < -0.4 is 4.74 Å². The number of carbonyl (C=O) groups is 1. The molecule has 0 radical (unpaired) electrons. The highest BCUT2D eigenvalue weighted by molar-refractivity contribution is 5.71. The number of ether oxygens (including phenoxy) is 1. The van der Waals surface area contributed by atoms with E-state index in [1.54, 1.807) is 24.3 Å². The molecule has 1 aromatic rings. The van der Waals surface area contributed by atoms with Crippen molar-refractivity contribution < 1.29 is 19.7 Å². The van der Waals surface area contributed by atoms with Gasteiger partial charge in [-0.1, -0.05) is 12.1 Å². The van der Waals surface area contributed by atoms with Gasteiger partial charge in [0.2, 0.25) is 0 Å². The molecule has 2 unspecified atom stereocenters. The Morgan fingerprint density at radius 3 is 2.35 bits per heavy atom. The summed E-state index contributed by atoms with van der Waals surface area (Å²) < 4.78 is 5.28. The van der Waals surface area contributed by atoms with Crippen molar-refractivity contribution in [1.82, 2.24) is 0 Å². The summed E-state index contributed by atoms with van der Waals surface area (Å²) in [5, 5.41) is 19.2. The summed E-state index contributed by atoms with van der Waals surface area (Å²) in [7, 11) is 0. The second-order valence-corrected chi connectivity index (χ2v) is 4.16. The van der Waals surface area contributed by atoms with E-state index in [0.29, 0.717) is 17.9 Å². The summed E-state index contributed by atoms with van der Waals surface area (Å²) in [5.74, 6) is -1.20. The van der Waals surface area contributed by atoms with Crippen LogP contribution in [-0.2, 0) is 10.4 Å². The van der Waals surface area contributed by atoms with Crippen LogP contribution in [0.2, 0.25) is 0 Å². The SMILES string of the molecule is CCOc1ccc(C(C)(O)C(C)C(=O)O)cc1. The van der Waals surface area contributed by atoms with E-state index in [1.807, 2.05) is 6.92 Å². The molecule has 0 aliphatic heterocycles. The van der Waals surface area contributed by atoms with Gasteiger partial charge in [-0.15, -0.1) is 0 Å². The molecule has 0 saturated carbocycles. The third kappa shape index (κ3) is 2.97. The van der Waals surface area contributed by atoms with Crippen LogP contribution in [0.15, 0.2) is 24.3 Å². The highest BCUT2D eigenvalue weighted by atomic mass is 16.5. The Morgan fingerprint density at radius 2 is 1.94 bits per heavy atom. The third-order valence-electron chi connectivity index (χ3n) is 2.96. The molecule has 0 bridgehead atoms. The molecule has 1 rings (SSSR count). The number of aliphatic carboxylic acids is 1. The Hall–Kier alpha value is -1.55. The van der Waals surface area contributed by atoms with Crippen molar-refractivity contribution in [2.24, 2.45) is 5.92 Å². The second-order valence-electron chi connectivity index (χ2n) is 4.16. The average Bonchev–Trinajstić information content (AvgIpc) is 2.29. The molecule has 0 aromatic heterocycles. The van der Waals surface area contributed by atoms with Gasteiger partial charge in [-0.2, -0.15) is 0 Å². The monoisotopic (exact) mass is 238 g/mol. The minimum atomic E-state index is -1.39. The summed E-state index contributed by atoms with van der Waals surface area (Å²) in [6, 6.07) is 6.82. The number of benzene rings is 1. The van der Waals surface area contributed by atoms with Gasteiger partial charge >= 0.3 is 5.97 Å². The molecular weight excluding hydrogens is 220 g/mol. The molecule has 4 heteroatoms. The van der Waals surface area contributed by atoms with Gasteiger partial charge in [0.15, 0.2) is 0 Å². The maximum Gasteiger partial charge on any atom is 0.309 e. The maximum atomic E-state index is 10.9. The largest absolute Gasteiger partial charge is 0.494 e. The molecule has 0 heterocycles. The lowest BCUT2D eigenvalue weighted by Crippen LogP contribution is -2.35. The summed E-state index contributed by atoms with van der Waals surface area (Å²) >= 11 is 0. The van der Waals surface area contributed by atoms with E-state index < -0.39 is 17.5 Å². The molecule has 0 spiro atoms. The van der Waals surface area contributed by atoms with Crippen LogP contribution >= 0.6 is 0 Å². The number of carboxylic acids is 1. The number of carboxylic acid groups (broad SMARTS) is 1. The van der Waals surface area contributed by atoms with Gasteiger partial charge in [0.05, 0.1) is 18.1 Å². The molecular formula is C13H18O4. The Morgan fingerprint density at radius 1 is 1.41 bits per heavy atom. The normalized spacial score (nSPS) is 16.0. The number of hydrogen-bond acceptors (Lipinski definition) is 3. The first-order valence-corrected chi connectivity index (χ1v) is 5.58. The molecule has 17 heavy (non-hydrogen) atoms. The van der Waals surface area contributed by atoms with Gasteiger partial charge in [-0.25, -0.2) is 0 Å². The van der Waals surface area contributed by atoms with E-state index >= 15 is 0 Å². The van der Waals surface area contributed by atoms with Gasteiger partial charge in [0, 0.05) is 0 Å². The maximum absolute atomic E-state index is 10.9. The van der Waals surface area contributed by atoms with Gasteiger partial charge in [-0.05, 0) is 38.5 Å². The summed E-state index contributed by atoms with van der Waals surface area (Å²) in [4.78, 5) is 10.9. The molecule has 94 valence electrons. The predicted molar refractivity (Wildman–Crippen MR) is 64.0 cm³/mol. The summed E-state index contributed by atoms with van der Waals surface area (Å²) in [6.07, 6.45) is 0. The first-order valence-electron chi connectivity index (χ1n) is 5.58. The van der Waals surface area contributed by atoms with Gasteiger partial charge < -0.3 is 14.9 Å². The lowest BCUT2D eigenvalue weighted by molar-refractivity contribution is -0.150. The smallest absolute Gasteiger partial charge is 0.309 e. The van der Waals surface area contributed by atoms with Crippen LogP contribution in [0.25, 0.3) is 0 Å². The lowest BCUT2D eigenvalue weighted by atomic mass is 9.84. The molecule has 2 N–H and O–H groups in total. The third-order valence-corrected chi connectivity index (χ3v) is 2.96. The first kappa shape index (κ1) is 13.5. The van der Waals surface area contributed by atoms with E-state index in [2.05, 4.69) is 0 Å². The summed E-state index contributed by atoms with van der Waals surface area (Å²) in [6.45, 7) is 5.44. The highest BCUT2D eigenvalue weighted by Gasteiger charge is 2.35. The Kier molecular flexibility index (Phi) is 4.12. The van der Waals surface area contributed by atoms with Crippen molar-refractivity contribution in [2.45, 2.75) is 26.4 Å². The molecule has 2 atom stereocenters. The zero-order valence-electron chi connectivity index (χ0n) is 10.3. The molecule has 4 nitrogen and oxygen atoms in total. The van der Waals surface area contributed by atoms with Crippen LogP contribution in [0.4, 0.5) is 0 Å². The lowest BCUT2D eigenvalue weighted by Gasteiger charge is -2.28. The van der Waals surface area contributed by atoms with Crippen molar-refractivity contribution >= 4 is 5.97 Å². The van der Waals surface area contributed by atoms with Gasteiger partial charge in [0.25, 0.3) is 0 Å². The Balaban J connectivity index is 2.95. The van der Waals surface area contributed by atoms with Gasteiger partial charge in [-0.3, -0.25) is 4.79 Å². The fourth-order valence-electron chi connectivity index (χ4n) is 1.55. The predicted octanol–water partition coefficient (Wildman–Crippen LogP) is 2.01. The van der Waals surface area contributed by atoms with E-state index in [9.17, 15) is 9.90 Å². The summed E-state index contributed by atoms with van der Waals surface area (Å²) in [5.41, 5.74) is -0.827. The van der Waals surface area contributed by atoms with Crippen LogP contribution in [0.1, 0.15) is 26.3 Å². The standard InChI is InChI=1S/C13H18O4/c1-4-17-11-7-5-10(6-8-11)13(3,16)9(2)12(14)15/h5-9,16H,4H2,1-3H3,(H,14,15). The fourth-order valence-corrected chi connectivity index (χ4v) is 1.55. The molecule has 0 saturated heterocycles.